The van der Waals surface area contributed by atoms with Gasteiger partial charge in [0.15, 0.2) is 11.9 Å². The zero-order valence-electron chi connectivity index (χ0n) is 9.47. The second kappa shape index (κ2) is 5.16. The molecule has 0 bridgehead atoms. The van der Waals surface area contributed by atoms with Gasteiger partial charge in [0, 0.05) is 23.7 Å². The lowest BCUT2D eigenvalue weighted by atomic mass is 10.2. The number of thiol groups is 1. The van der Waals surface area contributed by atoms with E-state index in [-0.39, 0.29) is 5.82 Å². The van der Waals surface area contributed by atoms with Crippen LogP contribution in [0.5, 0.6) is 0 Å². The fourth-order valence-electron chi connectivity index (χ4n) is 0.936. The molecule has 6 heteroatoms. The summed E-state index contributed by atoms with van der Waals surface area (Å²) in [4.78, 5) is 11.7. The lowest BCUT2D eigenvalue weighted by Crippen LogP contribution is -2.31. The van der Waals surface area contributed by atoms with Crippen molar-refractivity contribution in [2.24, 2.45) is 4.99 Å². The van der Waals surface area contributed by atoms with Crippen molar-refractivity contribution in [2.45, 2.75) is 32.1 Å². The first kappa shape index (κ1) is 12.8. The van der Waals surface area contributed by atoms with Crippen LogP contribution in [-0.4, -0.2) is 21.7 Å². The SMILES string of the molecule is CC(C)(C)OC([O-])=Nc1nccnc1CS. The minimum atomic E-state index is -0.670. The Balaban J connectivity index is 2.89. The third kappa shape index (κ3) is 4.06. The van der Waals surface area contributed by atoms with E-state index in [1.807, 2.05) is 0 Å². The van der Waals surface area contributed by atoms with Gasteiger partial charge in [0.1, 0.15) is 0 Å². The summed E-state index contributed by atoms with van der Waals surface area (Å²) in [7, 11) is 0. The van der Waals surface area contributed by atoms with Gasteiger partial charge in [-0.2, -0.15) is 12.6 Å². The van der Waals surface area contributed by atoms with Gasteiger partial charge in [-0.25, -0.2) is 9.98 Å². The van der Waals surface area contributed by atoms with Crippen molar-refractivity contribution in [3.63, 3.8) is 0 Å². The molecule has 16 heavy (non-hydrogen) atoms. The number of nitrogens with zero attached hydrogens (tertiary/aromatic N) is 3. The number of rotatable bonds is 2. The molecule has 88 valence electrons. The molecule has 0 spiro atoms. The topological polar surface area (TPSA) is 70.4 Å². The maximum atomic E-state index is 11.4. The van der Waals surface area contributed by atoms with Crippen LogP contribution in [0.3, 0.4) is 0 Å². The Hall–Kier alpha value is -1.30. The normalized spacial score (nSPS) is 12.6. The van der Waals surface area contributed by atoms with Crippen molar-refractivity contribution >= 4 is 24.5 Å². The molecule has 0 saturated carbocycles. The van der Waals surface area contributed by atoms with Crippen molar-refractivity contribution in [2.75, 3.05) is 0 Å². The van der Waals surface area contributed by atoms with Gasteiger partial charge in [-0.3, -0.25) is 4.98 Å². The van der Waals surface area contributed by atoms with E-state index in [1.54, 1.807) is 20.8 Å². The van der Waals surface area contributed by atoms with Crippen molar-refractivity contribution in [1.82, 2.24) is 9.97 Å². The average molecular weight is 240 g/mol. The summed E-state index contributed by atoms with van der Waals surface area (Å²) in [5.41, 5.74) is -0.0131. The van der Waals surface area contributed by atoms with Crippen molar-refractivity contribution < 1.29 is 9.84 Å². The second-order valence-corrected chi connectivity index (χ2v) is 4.39. The predicted molar refractivity (Wildman–Crippen MR) is 62.7 cm³/mol. The summed E-state index contributed by atoms with van der Waals surface area (Å²) < 4.78 is 5.04. The molecule has 0 fully saturated rings. The van der Waals surface area contributed by atoms with E-state index >= 15 is 0 Å². The highest BCUT2D eigenvalue weighted by atomic mass is 32.1. The molecule has 0 aliphatic rings. The van der Waals surface area contributed by atoms with Crippen LogP contribution in [0.4, 0.5) is 5.82 Å². The molecule has 0 aliphatic heterocycles. The second-order valence-electron chi connectivity index (χ2n) is 4.08. The maximum Gasteiger partial charge on any atom is 0.176 e. The standard InChI is InChI=1S/C10H15N3O2S/c1-10(2,3)15-9(14)13-8-7(6-16)11-4-5-12-8/h4-5,16H,6H2,1-3H3,(H,12,13,14)/p-1. The van der Waals surface area contributed by atoms with Crippen LogP contribution in [0.25, 0.3) is 0 Å². The van der Waals surface area contributed by atoms with E-state index in [1.165, 1.54) is 12.4 Å². The molecule has 0 atom stereocenters. The van der Waals surface area contributed by atoms with Gasteiger partial charge in [-0.05, 0) is 0 Å². The van der Waals surface area contributed by atoms with E-state index < -0.39 is 11.7 Å². The zero-order valence-corrected chi connectivity index (χ0v) is 10.4. The molecule has 0 aliphatic carbocycles. The average Bonchev–Trinajstić information content (AvgIpc) is 2.15. The van der Waals surface area contributed by atoms with Crippen LogP contribution in [0, 0.1) is 0 Å². The molecule has 0 amide bonds. The first-order chi connectivity index (χ1) is 7.42. The largest absolute Gasteiger partial charge is 0.594 e. The highest BCUT2D eigenvalue weighted by Gasteiger charge is 2.06. The van der Waals surface area contributed by atoms with E-state index in [9.17, 15) is 5.11 Å². The first-order valence-corrected chi connectivity index (χ1v) is 5.41. The Kier molecular flexibility index (Phi) is 4.12. The molecule has 1 aromatic heterocycles. The lowest BCUT2D eigenvalue weighted by Gasteiger charge is -2.29. The number of ether oxygens (including phenoxy) is 1. The van der Waals surface area contributed by atoms with Gasteiger partial charge in [0.25, 0.3) is 0 Å². The Morgan fingerprint density at radius 3 is 2.62 bits per heavy atom. The van der Waals surface area contributed by atoms with Crippen LogP contribution < -0.4 is 5.11 Å². The molecule has 0 saturated heterocycles. The summed E-state index contributed by atoms with van der Waals surface area (Å²) in [5.74, 6) is 0.627. The van der Waals surface area contributed by atoms with Gasteiger partial charge in [0.05, 0.1) is 5.69 Å². The number of aliphatic imine (C=N–C) groups is 1. The summed E-state index contributed by atoms with van der Waals surface area (Å²) in [6.07, 6.45) is 2.33. The summed E-state index contributed by atoms with van der Waals surface area (Å²) in [5, 5.41) is 11.4. The van der Waals surface area contributed by atoms with Crippen LogP contribution in [0.15, 0.2) is 17.4 Å². The molecule has 0 radical (unpaired) electrons. The van der Waals surface area contributed by atoms with Crippen molar-refractivity contribution in [3.05, 3.63) is 18.1 Å². The predicted octanol–water partition coefficient (Wildman–Crippen LogP) is 1.07. The lowest BCUT2D eigenvalue weighted by molar-refractivity contribution is -0.259. The van der Waals surface area contributed by atoms with E-state index in [4.69, 9.17) is 4.74 Å². The van der Waals surface area contributed by atoms with Crippen LogP contribution >= 0.6 is 12.6 Å². The fraction of sp³-hybridized carbons (Fsp3) is 0.500. The molecule has 0 aromatic carbocycles. The smallest absolute Gasteiger partial charge is 0.176 e. The molecule has 0 N–H and O–H groups in total. The van der Waals surface area contributed by atoms with Crippen LogP contribution in [0.1, 0.15) is 26.5 Å². The third-order valence-corrected chi connectivity index (χ3v) is 1.79. The molecule has 1 rings (SSSR count). The Morgan fingerprint density at radius 2 is 2.06 bits per heavy atom. The number of aromatic nitrogens is 2. The van der Waals surface area contributed by atoms with Crippen LogP contribution in [0.2, 0.25) is 0 Å². The molecule has 1 heterocycles. The molecular formula is C10H14N3O2S-. The molecule has 1 aromatic rings. The van der Waals surface area contributed by atoms with Gasteiger partial charge >= 0.3 is 0 Å². The Labute approximate surface area is 100 Å². The molecular weight excluding hydrogens is 226 g/mol. The van der Waals surface area contributed by atoms with E-state index in [0.717, 1.165) is 0 Å². The molecule has 5 nitrogen and oxygen atoms in total. The minimum absolute atomic E-state index is 0.256. The monoisotopic (exact) mass is 240 g/mol. The van der Waals surface area contributed by atoms with E-state index in [0.29, 0.717) is 11.4 Å². The summed E-state index contributed by atoms with van der Waals surface area (Å²) in [6, 6.07) is 0. The minimum Gasteiger partial charge on any atom is -0.594 e. The molecule has 0 unspecified atom stereocenters. The van der Waals surface area contributed by atoms with Gasteiger partial charge < -0.3 is 9.84 Å². The van der Waals surface area contributed by atoms with Crippen LogP contribution in [-0.2, 0) is 10.5 Å². The maximum absolute atomic E-state index is 11.4. The van der Waals surface area contributed by atoms with Gasteiger partial charge in [-0.15, -0.1) is 0 Å². The number of hydrogen-bond donors (Lipinski definition) is 1. The quantitative estimate of drug-likeness (QED) is 0.477. The Morgan fingerprint density at radius 1 is 1.44 bits per heavy atom. The zero-order chi connectivity index (χ0) is 12.2. The van der Waals surface area contributed by atoms with Gasteiger partial charge in [0.2, 0.25) is 0 Å². The summed E-state index contributed by atoms with van der Waals surface area (Å²) >= 11 is 4.07. The number of hydrogen-bond acceptors (Lipinski definition) is 6. The third-order valence-electron chi connectivity index (χ3n) is 1.49. The van der Waals surface area contributed by atoms with Crippen molar-refractivity contribution in [1.29, 1.82) is 0 Å². The highest BCUT2D eigenvalue weighted by Crippen LogP contribution is 2.15. The first-order valence-electron chi connectivity index (χ1n) is 4.78. The van der Waals surface area contributed by atoms with Crippen molar-refractivity contribution in [3.8, 4) is 0 Å². The summed E-state index contributed by atoms with van der Waals surface area (Å²) in [6.45, 7) is 5.32. The Bertz CT molecular complexity index is 388. The van der Waals surface area contributed by atoms with E-state index in [2.05, 4.69) is 27.6 Å². The van der Waals surface area contributed by atoms with Gasteiger partial charge in [-0.1, -0.05) is 20.8 Å². The fourth-order valence-corrected chi connectivity index (χ4v) is 1.16. The highest BCUT2D eigenvalue weighted by molar-refractivity contribution is 7.79.